The molecular formula is C10H12IN5. The van der Waals surface area contributed by atoms with Crippen molar-refractivity contribution in [2.75, 3.05) is 5.73 Å². The molecular weight excluding hydrogens is 317 g/mol. The van der Waals surface area contributed by atoms with Crippen LogP contribution in [0.1, 0.15) is 37.4 Å². The fourth-order valence-corrected chi connectivity index (χ4v) is 3.13. The Morgan fingerprint density at radius 1 is 1.38 bits per heavy atom. The van der Waals surface area contributed by atoms with Crippen molar-refractivity contribution in [3.05, 3.63) is 15.9 Å². The van der Waals surface area contributed by atoms with E-state index in [0.29, 0.717) is 11.7 Å². The number of aromatic nitrogens is 4. The number of nitrogens with zero attached hydrogens (tertiary/aromatic N) is 4. The molecule has 0 aliphatic heterocycles. The van der Waals surface area contributed by atoms with Gasteiger partial charge in [0.15, 0.2) is 5.82 Å². The maximum Gasteiger partial charge on any atom is 0.154 e. The molecule has 5 nitrogen and oxygen atoms in total. The number of nitrogen functional groups attached to an aromatic ring is 1. The van der Waals surface area contributed by atoms with Crippen LogP contribution in [0, 0.1) is 3.70 Å². The smallest absolute Gasteiger partial charge is 0.154 e. The molecule has 0 saturated heterocycles. The van der Waals surface area contributed by atoms with Crippen molar-refractivity contribution in [2.24, 2.45) is 0 Å². The van der Waals surface area contributed by atoms with E-state index in [9.17, 15) is 0 Å². The molecule has 16 heavy (non-hydrogen) atoms. The number of nitrogens with two attached hydrogens (primary N) is 1. The Morgan fingerprint density at radius 3 is 2.88 bits per heavy atom. The van der Waals surface area contributed by atoms with Crippen molar-refractivity contribution in [1.29, 1.82) is 0 Å². The number of hydrogen-bond acceptors (Lipinski definition) is 4. The van der Waals surface area contributed by atoms with E-state index in [2.05, 4.69) is 37.7 Å². The first-order valence-electron chi connectivity index (χ1n) is 5.42. The largest absolute Gasteiger partial charge is 0.382 e. The fraction of sp³-hybridized carbons (Fsp3) is 0.500. The molecule has 6 heteroatoms. The highest BCUT2D eigenvalue weighted by atomic mass is 127. The van der Waals surface area contributed by atoms with E-state index < -0.39 is 0 Å². The van der Waals surface area contributed by atoms with Gasteiger partial charge in [0, 0.05) is 5.92 Å². The molecule has 1 fully saturated rings. The number of hydrogen-bond donors (Lipinski definition) is 1. The average molecular weight is 329 g/mol. The van der Waals surface area contributed by atoms with E-state index >= 15 is 0 Å². The van der Waals surface area contributed by atoms with E-state index in [0.717, 1.165) is 15.0 Å². The van der Waals surface area contributed by atoms with Crippen LogP contribution in [-0.2, 0) is 0 Å². The average Bonchev–Trinajstić information content (AvgIpc) is 2.86. The van der Waals surface area contributed by atoms with Gasteiger partial charge in [0.25, 0.3) is 0 Å². The topological polar surface area (TPSA) is 69.1 Å². The maximum absolute atomic E-state index is 5.85. The lowest BCUT2D eigenvalue weighted by Gasteiger charge is -2.06. The monoisotopic (exact) mass is 329 g/mol. The normalized spacial score (nSPS) is 17.3. The fourth-order valence-electron chi connectivity index (χ4n) is 2.38. The predicted octanol–water partition coefficient (Wildman–Crippen LogP) is 1.97. The molecule has 2 aromatic heterocycles. The van der Waals surface area contributed by atoms with Crippen molar-refractivity contribution in [1.82, 2.24) is 19.6 Å². The van der Waals surface area contributed by atoms with Crippen LogP contribution in [0.2, 0.25) is 0 Å². The second kappa shape index (κ2) is 3.83. The molecule has 1 aliphatic rings. The third-order valence-corrected chi connectivity index (χ3v) is 3.92. The highest BCUT2D eigenvalue weighted by Crippen LogP contribution is 2.34. The third kappa shape index (κ3) is 1.47. The van der Waals surface area contributed by atoms with Crippen LogP contribution in [0.25, 0.3) is 5.52 Å². The Kier molecular flexibility index (Phi) is 2.45. The first-order valence-corrected chi connectivity index (χ1v) is 6.50. The summed E-state index contributed by atoms with van der Waals surface area (Å²) in [7, 11) is 0. The van der Waals surface area contributed by atoms with Crippen LogP contribution in [0.15, 0.2) is 6.33 Å². The Hall–Kier alpha value is -0.920. The molecule has 0 spiro atoms. The lowest BCUT2D eigenvalue weighted by molar-refractivity contribution is 0.640. The standard InChI is InChI=1S/C10H12IN5/c11-8-7-9(12)13-5-14-16(7)10(15-8)6-3-1-2-4-6/h5-6H,1-4H2,(H2,12,13,14). The van der Waals surface area contributed by atoms with Crippen molar-refractivity contribution in [2.45, 2.75) is 31.6 Å². The van der Waals surface area contributed by atoms with Crippen molar-refractivity contribution in [3.63, 3.8) is 0 Å². The van der Waals surface area contributed by atoms with Gasteiger partial charge >= 0.3 is 0 Å². The molecule has 0 unspecified atom stereocenters. The minimum absolute atomic E-state index is 0.510. The summed E-state index contributed by atoms with van der Waals surface area (Å²) in [6.07, 6.45) is 6.49. The molecule has 2 heterocycles. The van der Waals surface area contributed by atoms with Gasteiger partial charge in [-0.25, -0.2) is 14.5 Å². The van der Waals surface area contributed by atoms with Crippen LogP contribution >= 0.6 is 22.6 Å². The van der Waals surface area contributed by atoms with Gasteiger partial charge in [0.05, 0.1) is 0 Å². The van der Waals surface area contributed by atoms with Gasteiger partial charge in [0.2, 0.25) is 0 Å². The zero-order valence-electron chi connectivity index (χ0n) is 8.73. The minimum Gasteiger partial charge on any atom is -0.382 e. The minimum atomic E-state index is 0.510. The lowest BCUT2D eigenvalue weighted by atomic mass is 10.1. The molecule has 1 aliphatic carbocycles. The second-order valence-electron chi connectivity index (χ2n) is 4.15. The molecule has 2 N–H and O–H groups in total. The van der Waals surface area contributed by atoms with Gasteiger partial charge in [-0.3, -0.25) is 0 Å². The van der Waals surface area contributed by atoms with Gasteiger partial charge in [-0.2, -0.15) is 5.10 Å². The number of halogens is 1. The van der Waals surface area contributed by atoms with Crippen molar-refractivity contribution < 1.29 is 0 Å². The number of fused-ring (bicyclic) bond motifs is 1. The van der Waals surface area contributed by atoms with Crippen LogP contribution < -0.4 is 5.73 Å². The first-order chi connectivity index (χ1) is 7.77. The molecule has 0 radical (unpaired) electrons. The molecule has 2 aromatic rings. The summed E-state index contributed by atoms with van der Waals surface area (Å²) < 4.78 is 2.76. The van der Waals surface area contributed by atoms with Gasteiger partial charge < -0.3 is 5.73 Å². The molecule has 3 rings (SSSR count). The quantitative estimate of drug-likeness (QED) is 0.812. The molecule has 1 saturated carbocycles. The summed E-state index contributed by atoms with van der Waals surface area (Å²) in [6, 6.07) is 0. The lowest BCUT2D eigenvalue weighted by Crippen LogP contribution is -2.05. The van der Waals surface area contributed by atoms with Gasteiger partial charge in [0.1, 0.15) is 21.4 Å². The number of imidazole rings is 1. The van der Waals surface area contributed by atoms with Crippen molar-refractivity contribution >= 4 is 33.9 Å². The molecule has 0 bridgehead atoms. The Bertz CT molecular complexity index is 529. The van der Waals surface area contributed by atoms with Gasteiger partial charge in [-0.1, -0.05) is 12.8 Å². The summed E-state index contributed by atoms with van der Waals surface area (Å²) >= 11 is 2.20. The summed E-state index contributed by atoms with van der Waals surface area (Å²) in [5, 5.41) is 4.27. The van der Waals surface area contributed by atoms with Gasteiger partial charge in [-0.05, 0) is 35.4 Å². The van der Waals surface area contributed by atoms with Crippen LogP contribution in [0.3, 0.4) is 0 Å². The maximum atomic E-state index is 5.85. The summed E-state index contributed by atoms with van der Waals surface area (Å²) in [5.41, 5.74) is 6.70. The zero-order valence-corrected chi connectivity index (χ0v) is 10.9. The van der Waals surface area contributed by atoms with E-state index in [-0.39, 0.29) is 0 Å². The van der Waals surface area contributed by atoms with Gasteiger partial charge in [-0.15, -0.1) is 0 Å². The molecule has 84 valence electrons. The van der Waals surface area contributed by atoms with Crippen LogP contribution in [0.4, 0.5) is 5.82 Å². The first kappa shape index (κ1) is 10.2. The van der Waals surface area contributed by atoms with Crippen LogP contribution in [-0.4, -0.2) is 19.6 Å². The summed E-state index contributed by atoms with van der Waals surface area (Å²) in [4.78, 5) is 8.61. The highest BCUT2D eigenvalue weighted by molar-refractivity contribution is 14.1. The predicted molar refractivity (Wildman–Crippen MR) is 69.1 cm³/mol. The molecule has 0 amide bonds. The number of rotatable bonds is 1. The Labute approximate surface area is 107 Å². The molecule has 0 atom stereocenters. The third-order valence-electron chi connectivity index (χ3n) is 3.16. The number of anilines is 1. The highest BCUT2D eigenvalue weighted by Gasteiger charge is 2.24. The van der Waals surface area contributed by atoms with E-state index in [1.165, 1.54) is 32.0 Å². The summed E-state index contributed by atoms with van der Waals surface area (Å²) in [5.74, 6) is 2.09. The summed E-state index contributed by atoms with van der Waals surface area (Å²) in [6.45, 7) is 0. The van der Waals surface area contributed by atoms with Crippen LogP contribution in [0.5, 0.6) is 0 Å². The second-order valence-corrected chi connectivity index (χ2v) is 5.17. The Morgan fingerprint density at radius 2 is 2.12 bits per heavy atom. The van der Waals surface area contributed by atoms with Crippen molar-refractivity contribution in [3.8, 4) is 0 Å². The van der Waals surface area contributed by atoms with E-state index in [4.69, 9.17) is 5.73 Å². The molecule has 0 aromatic carbocycles. The van der Waals surface area contributed by atoms with E-state index in [1.807, 2.05) is 4.52 Å². The van der Waals surface area contributed by atoms with E-state index in [1.54, 1.807) is 0 Å². The zero-order chi connectivity index (χ0) is 11.1. The Balaban J connectivity index is 2.22. The SMILES string of the molecule is Nc1ncnn2c(C3CCCC3)nc(I)c12.